The number of rotatable bonds is 2. The van der Waals surface area contributed by atoms with Crippen molar-refractivity contribution < 1.29 is 9.21 Å². The van der Waals surface area contributed by atoms with Gasteiger partial charge in [-0.25, -0.2) is 9.36 Å². The van der Waals surface area contributed by atoms with Crippen molar-refractivity contribution >= 4 is 22.7 Å². The molecule has 3 N–H and O–H groups in total. The Morgan fingerprint density at radius 2 is 2.26 bits per heavy atom. The SMILES string of the molecule is Nc1ccc2c(c1)oc(=O)n2C(=O)Cc1ccn[nH]1. The molecule has 0 bridgehead atoms. The summed E-state index contributed by atoms with van der Waals surface area (Å²) < 4.78 is 6.00. The van der Waals surface area contributed by atoms with E-state index in [0.717, 1.165) is 4.57 Å². The molecule has 0 aliphatic rings. The van der Waals surface area contributed by atoms with Crippen molar-refractivity contribution in [1.82, 2.24) is 14.8 Å². The van der Waals surface area contributed by atoms with E-state index in [1.165, 1.54) is 6.07 Å². The summed E-state index contributed by atoms with van der Waals surface area (Å²) in [6.45, 7) is 0. The maximum Gasteiger partial charge on any atom is 0.426 e. The van der Waals surface area contributed by atoms with Crippen molar-refractivity contribution in [3.8, 4) is 0 Å². The average molecular weight is 258 g/mol. The molecule has 0 aliphatic heterocycles. The Balaban J connectivity index is 2.07. The summed E-state index contributed by atoms with van der Waals surface area (Å²) >= 11 is 0. The van der Waals surface area contributed by atoms with E-state index < -0.39 is 11.7 Å². The van der Waals surface area contributed by atoms with E-state index in [1.807, 2.05) is 0 Å². The Kier molecular flexibility index (Phi) is 2.45. The van der Waals surface area contributed by atoms with Gasteiger partial charge in [-0.1, -0.05) is 0 Å². The van der Waals surface area contributed by atoms with Gasteiger partial charge in [0, 0.05) is 23.6 Å². The van der Waals surface area contributed by atoms with Crippen LogP contribution in [-0.2, 0) is 6.42 Å². The predicted molar refractivity (Wildman–Crippen MR) is 67.8 cm³/mol. The third-order valence-electron chi connectivity index (χ3n) is 2.75. The number of aromatic nitrogens is 3. The van der Waals surface area contributed by atoms with Gasteiger partial charge in [0.15, 0.2) is 5.58 Å². The molecule has 3 aromatic rings. The lowest BCUT2D eigenvalue weighted by molar-refractivity contribution is 0.0909. The maximum absolute atomic E-state index is 12.1. The van der Waals surface area contributed by atoms with E-state index in [2.05, 4.69) is 10.2 Å². The fraction of sp³-hybridized carbons (Fsp3) is 0.0833. The number of nitrogens with zero attached hydrogens (tertiary/aromatic N) is 2. The molecule has 96 valence electrons. The van der Waals surface area contributed by atoms with Crippen molar-refractivity contribution in [1.29, 1.82) is 0 Å². The van der Waals surface area contributed by atoms with Gasteiger partial charge in [0.1, 0.15) is 0 Å². The summed E-state index contributed by atoms with van der Waals surface area (Å²) in [5.74, 6) is -1.11. The minimum Gasteiger partial charge on any atom is -0.407 e. The molecule has 0 aliphatic carbocycles. The van der Waals surface area contributed by atoms with Gasteiger partial charge in [0.05, 0.1) is 11.9 Å². The van der Waals surface area contributed by atoms with E-state index >= 15 is 0 Å². The van der Waals surface area contributed by atoms with Crippen LogP contribution in [0.5, 0.6) is 0 Å². The molecule has 0 saturated heterocycles. The maximum atomic E-state index is 12.1. The number of carbonyl (C=O) groups is 1. The standard InChI is InChI=1S/C12H10N4O3/c13-7-1-2-9-10(5-7)19-12(18)16(9)11(17)6-8-3-4-14-15-8/h1-5H,6,13H2,(H,14,15). The van der Waals surface area contributed by atoms with Gasteiger partial charge in [-0.05, 0) is 18.2 Å². The largest absolute Gasteiger partial charge is 0.426 e. The second-order valence-electron chi connectivity index (χ2n) is 4.08. The van der Waals surface area contributed by atoms with Crippen LogP contribution in [0.1, 0.15) is 10.5 Å². The molecule has 0 spiro atoms. The number of nitrogens with one attached hydrogen (secondary N) is 1. The van der Waals surface area contributed by atoms with Crippen LogP contribution in [0, 0.1) is 0 Å². The normalized spacial score (nSPS) is 10.9. The lowest BCUT2D eigenvalue weighted by Gasteiger charge is -1.99. The molecule has 2 aromatic heterocycles. The molecule has 3 rings (SSSR count). The highest BCUT2D eigenvalue weighted by Crippen LogP contribution is 2.16. The first-order chi connectivity index (χ1) is 9.15. The molecular formula is C12H10N4O3. The molecule has 0 unspecified atom stereocenters. The Hall–Kier alpha value is -2.83. The summed E-state index contributed by atoms with van der Waals surface area (Å²) in [6.07, 6.45) is 1.58. The first kappa shape index (κ1) is 11.3. The smallest absolute Gasteiger partial charge is 0.407 e. The third-order valence-corrected chi connectivity index (χ3v) is 2.75. The number of fused-ring (bicyclic) bond motifs is 1. The summed E-state index contributed by atoms with van der Waals surface area (Å²) in [7, 11) is 0. The van der Waals surface area contributed by atoms with Gasteiger partial charge in [0.2, 0.25) is 5.91 Å². The Bertz CT molecular complexity index is 798. The summed E-state index contributed by atoms with van der Waals surface area (Å²) in [5.41, 5.74) is 7.39. The number of hydrogen-bond donors (Lipinski definition) is 2. The zero-order valence-corrected chi connectivity index (χ0v) is 9.79. The van der Waals surface area contributed by atoms with Gasteiger partial charge in [-0.3, -0.25) is 9.89 Å². The van der Waals surface area contributed by atoms with Crippen molar-refractivity contribution in [3.05, 3.63) is 46.7 Å². The highest BCUT2D eigenvalue weighted by atomic mass is 16.4. The van der Waals surface area contributed by atoms with E-state index in [1.54, 1.807) is 24.4 Å². The Labute approximate surface area is 106 Å². The lowest BCUT2D eigenvalue weighted by atomic mass is 10.2. The number of H-pyrrole nitrogens is 1. The number of carbonyl (C=O) groups excluding carboxylic acids is 1. The van der Waals surface area contributed by atoms with Gasteiger partial charge < -0.3 is 10.2 Å². The second kappa shape index (κ2) is 4.13. The van der Waals surface area contributed by atoms with Crippen LogP contribution in [0.25, 0.3) is 11.1 Å². The monoisotopic (exact) mass is 258 g/mol. The van der Waals surface area contributed by atoms with Crippen LogP contribution in [0.15, 0.2) is 39.7 Å². The number of hydrogen-bond acceptors (Lipinski definition) is 5. The zero-order chi connectivity index (χ0) is 13.4. The van der Waals surface area contributed by atoms with E-state index in [4.69, 9.17) is 10.2 Å². The fourth-order valence-electron chi connectivity index (χ4n) is 1.90. The molecule has 1 aromatic carbocycles. The van der Waals surface area contributed by atoms with Crippen LogP contribution in [0.3, 0.4) is 0 Å². The van der Waals surface area contributed by atoms with Crippen molar-refractivity contribution in [3.63, 3.8) is 0 Å². The molecule has 0 amide bonds. The zero-order valence-electron chi connectivity index (χ0n) is 9.79. The quantitative estimate of drug-likeness (QED) is 0.660. The summed E-state index contributed by atoms with van der Waals surface area (Å²) in [6, 6.07) is 6.37. The highest BCUT2D eigenvalue weighted by Gasteiger charge is 2.16. The number of oxazole rings is 1. The van der Waals surface area contributed by atoms with Gasteiger partial charge in [-0.2, -0.15) is 5.10 Å². The lowest BCUT2D eigenvalue weighted by Crippen LogP contribution is -2.24. The van der Waals surface area contributed by atoms with Gasteiger partial charge >= 0.3 is 5.76 Å². The van der Waals surface area contributed by atoms with E-state index in [9.17, 15) is 9.59 Å². The number of aromatic amines is 1. The molecule has 7 heteroatoms. The number of nitrogen functional groups attached to an aromatic ring is 1. The third kappa shape index (κ3) is 1.90. The Morgan fingerprint density at radius 3 is 3.00 bits per heavy atom. The van der Waals surface area contributed by atoms with Crippen LogP contribution < -0.4 is 11.5 Å². The van der Waals surface area contributed by atoms with Crippen LogP contribution in [0.4, 0.5) is 5.69 Å². The fourth-order valence-corrected chi connectivity index (χ4v) is 1.90. The van der Waals surface area contributed by atoms with Gasteiger partial charge in [0.25, 0.3) is 0 Å². The van der Waals surface area contributed by atoms with E-state index in [-0.39, 0.29) is 6.42 Å². The molecule has 0 atom stereocenters. The first-order valence-corrected chi connectivity index (χ1v) is 5.57. The van der Waals surface area contributed by atoms with Crippen LogP contribution in [0.2, 0.25) is 0 Å². The number of anilines is 1. The summed E-state index contributed by atoms with van der Waals surface area (Å²) in [5, 5.41) is 6.42. The molecular weight excluding hydrogens is 248 g/mol. The molecule has 0 saturated carbocycles. The van der Waals surface area contributed by atoms with Crippen LogP contribution >= 0.6 is 0 Å². The topological polar surface area (TPSA) is 107 Å². The van der Waals surface area contributed by atoms with Crippen LogP contribution in [-0.4, -0.2) is 20.7 Å². The Morgan fingerprint density at radius 1 is 1.42 bits per heavy atom. The number of nitrogens with two attached hydrogens (primary N) is 1. The second-order valence-corrected chi connectivity index (χ2v) is 4.08. The predicted octanol–water partition coefficient (Wildman–Crippen LogP) is 0.783. The minimum absolute atomic E-state index is 0.0406. The molecule has 19 heavy (non-hydrogen) atoms. The molecule has 7 nitrogen and oxygen atoms in total. The molecule has 2 heterocycles. The first-order valence-electron chi connectivity index (χ1n) is 5.57. The van der Waals surface area contributed by atoms with Crippen molar-refractivity contribution in [2.24, 2.45) is 0 Å². The average Bonchev–Trinajstić information content (AvgIpc) is 2.95. The summed E-state index contributed by atoms with van der Waals surface area (Å²) in [4.78, 5) is 23.8. The molecule has 0 fully saturated rings. The number of benzene rings is 1. The van der Waals surface area contributed by atoms with Crippen molar-refractivity contribution in [2.45, 2.75) is 6.42 Å². The highest BCUT2D eigenvalue weighted by molar-refractivity contribution is 5.91. The molecule has 0 radical (unpaired) electrons. The van der Waals surface area contributed by atoms with Gasteiger partial charge in [-0.15, -0.1) is 0 Å². The van der Waals surface area contributed by atoms with E-state index in [0.29, 0.717) is 22.5 Å². The minimum atomic E-state index is -0.717. The van der Waals surface area contributed by atoms with Crippen molar-refractivity contribution in [2.75, 3.05) is 5.73 Å².